The van der Waals surface area contributed by atoms with Crippen LogP contribution >= 0.6 is 11.6 Å². The van der Waals surface area contributed by atoms with Crippen LogP contribution in [0.25, 0.3) is 0 Å². The van der Waals surface area contributed by atoms with E-state index in [9.17, 15) is 0 Å². The van der Waals surface area contributed by atoms with Crippen LogP contribution in [0.1, 0.15) is 30.0 Å². The van der Waals surface area contributed by atoms with Gasteiger partial charge in [-0.05, 0) is 56.0 Å². The molecule has 2 N–H and O–H groups in total. The van der Waals surface area contributed by atoms with Crippen LogP contribution in [0, 0.1) is 13.8 Å². The summed E-state index contributed by atoms with van der Waals surface area (Å²) in [6, 6.07) is 2.01. The molecule has 0 bridgehead atoms. The van der Waals surface area contributed by atoms with Crippen LogP contribution in [0.2, 0.25) is 5.02 Å². The number of aryl methyl sites for hydroxylation is 1. The van der Waals surface area contributed by atoms with Gasteiger partial charge in [-0.25, -0.2) is 0 Å². The average Bonchev–Trinajstić information content (AvgIpc) is 2.27. The molecular formula is C13H20ClNO. The summed E-state index contributed by atoms with van der Waals surface area (Å²) in [6.45, 7) is 7.53. The Morgan fingerprint density at radius 3 is 2.62 bits per heavy atom. The van der Waals surface area contributed by atoms with Gasteiger partial charge >= 0.3 is 0 Å². The van der Waals surface area contributed by atoms with Crippen molar-refractivity contribution in [2.75, 3.05) is 13.2 Å². The monoisotopic (exact) mass is 241 g/mol. The van der Waals surface area contributed by atoms with Gasteiger partial charge in [-0.1, -0.05) is 18.5 Å². The van der Waals surface area contributed by atoms with Crippen molar-refractivity contribution in [3.05, 3.63) is 27.8 Å². The molecule has 0 spiro atoms. The summed E-state index contributed by atoms with van der Waals surface area (Å²) in [4.78, 5) is 0. The second kappa shape index (κ2) is 6.12. The van der Waals surface area contributed by atoms with Crippen molar-refractivity contribution in [2.45, 2.75) is 33.6 Å². The summed E-state index contributed by atoms with van der Waals surface area (Å²) >= 11 is 6.28. The molecule has 0 saturated heterocycles. The molecule has 3 heteroatoms. The van der Waals surface area contributed by atoms with Crippen LogP contribution in [0.3, 0.4) is 0 Å². The number of nitrogens with two attached hydrogens (primary N) is 1. The predicted molar refractivity (Wildman–Crippen MR) is 69.5 cm³/mol. The number of hydrogen-bond acceptors (Lipinski definition) is 2. The fourth-order valence-electron chi connectivity index (χ4n) is 1.81. The quantitative estimate of drug-likeness (QED) is 0.859. The highest BCUT2D eigenvalue weighted by atomic mass is 35.5. The molecular weight excluding hydrogens is 222 g/mol. The highest BCUT2D eigenvalue weighted by Crippen LogP contribution is 2.33. The molecule has 0 radical (unpaired) electrons. The first-order chi connectivity index (χ1) is 7.61. The maximum atomic E-state index is 6.28. The molecule has 0 fully saturated rings. The van der Waals surface area contributed by atoms with E-state index in [1.165, 1.54) is 11.1 Å². The second-order valence-electron chi connectivity index (χ2n) is 4.00. The van der Waals surface area contributed by atoms with Gasteiger partial charge in [0.2, 0.25) is 0 Å². The third-order valence-electron chi connectivity index (χ3n) is 2.68. The lowest BCUT2D eigenvalue weighted by Crippen LogP contribution is -2.07. The van der Waals surface area contributed by atoms with Crippen molar-refractivity contribution in [2.24, 2.45) is 5.73 Å². The van der Waals surface area contributed by atoms with Gasteiger partial charge in [-0.3, -0.25) is 0 Å². The lowest BCUT2D eigenvalue weighted by Gasteiger charge is -2.15. The molecule has 0 unspecified atom stereocenters. The average molecular weight is 242 g/mol. The third-order valence-corrected chi connectivity index (χ3v) is 3.15. The van der Waals surface area contributed by atoms with Gasteiger partial charge in [0.1, 0.15) is 5.75 Å². The molecule has 1 aromatic rings. The van der Waals surface area contributed by atoms with E-state index in [1.54, 1.807) is 0 Å². The minimum Gasteiger partial charge on any atom is -0.492 e. The predicted octanol–water partition coefficient (Wildman–Crippen LogP) is 3.25. The van der Waals surface area contributed by atoms with Crippen molar-refractivity contribution in [1.29, 1.82) is 0 Å². The lowest BCUT2D eigenvalue weighted by molar-refractivity contribution is 0.317. The summed E-state index contributed by atoms with van der Waals surface area (Å²) in [6.07, 6.45) is 1.85. The molecule has 2 nitrogen and oxygen atoms in total. The standard InChI is InChI=1S/C13H20ClNO/c1-4-7-16-12-8-9(2)11(5-6-15)10(3)13(12)14/h8H,4-7,15H2,1-3H3. The van der Waals surface area contributed by atoms with E-state index < -0.39 is 0 Å². The van der Waals surface area contributed by atoms with E-state index in [4.69, 9.17) is 22.1 Å². The van der Waals surface area contributed by atoms with Crippen LogP contribution in [0.15, 0.2) is 6.07 Å². The van der Waals surface area contributed by atoms with Gasteiger partial charge < -0.3 is 10.5 Å². The molecule has 0 aromatic heterocycles. The van der Waals surface area contributed by atoms with E-state index in [0.717, 1.165) is 29.2 Å². The van der Waals surface area contributed by atoms with Crippen molar-refractivity contribution in [3.63, 3.8) is 0 Å². The van der Waals surface area contributed by atoms with Gasteiger partial charge in [-0.2, -0.15) is 0 Å². The molecule has 0 amide bonds. The van der Waals surface area contributed by atoms with Crippen molar-refractivity contribution in [1.82, 2.24) is 0 Å². The highest BCUT2D eigenvalue weighted by molar-refractivity contribution is 6.33. The first-order valence-corrected chi connectivity index (χ1v) is 6.11. The zero-order valence-electron chi connectivity index (χ0n) is 10.3. The SMILES string of the molecule is CCCOc1cc(C)c(CCN)c(C)c1Cl. The fraction of sp³-hybridized carbons (Fsp3) is 0.538. The van der Waals surface area contributed by atoms with E-state index in [-0.39, 0.29) is 0 Å². The van der Waals surface area contributed by atoms with Crippen molar-refractivity contribution >= 4 is 11.6 Å². The molecule has 1 rings (SSSR count). The second-order valence-corrected chi connectivity index (χ2v) is 4.37. The summed E-state index contributed by atoms with van der Waals surface area (Å²) in [5.74, 6) is 0.791. The van der Waals surface area contributed by atoms with Crippen molar-refractivity contribution in [3.8, 4) is 5.75 Å². The zero-order chi connectivity index (χ0) is 12.1. The summed E-state index contributed by atoms with van der Waals surface area (Å²) in [5, 5.41) is 0.725. The smallest absolute Gasteiger partial charge is 0.138 e. The zero-order valence-corrected chi connectivity index (χ0v) is 11.0. The molecule has 0 heterocycles. The Morgan fingerprint density at radius 2 is 2.06 bits per heavy atom. The third kappa shape index (κ3) is 2.89. The van der Waals surface area contributed by atoms with Crippen LogP contribution in [-0.2, 0) is 6.42 Å². The summed E-state index contributed by atoms with van der Waals surface area (Å²) in [7, 11) is 0. The van der Waals surface area contributed by atoms with E-state index >= 15 is 0 Å². The highest BCUT2D eigenvalue weighted by Gasteiger charge is 2.11. The minimum atomic E-state index is 0.646. The minimum absolute atomic E-state index is 0.646. The molecule has 0 saturated carbocycles. The first-order valence-electron chi connectivity index (χ1n) is 5.73. The number of benzene rings is 1. The van der Waals surface area contributed by atoms with E-state index in [0.29, 0.717) is 13.2 Å². The molecule has 1 aromatic carbocycles. The topological polar surface area (TPSA) is 35.2 Å². The fourth-order valence-corrected chi connectivity index (χ4v) is 2.03. The number of halogens is 1. The Balaban J connectivity index is 3.06. The molecule has 0 aliphatic rings. The number of hydrogen-bond donors (Lipinski definition) is 1. The molecule has 0 aliphatic carbocycles. The van der Waals surface area contributed by atoms with Gasteiger partial charge in [0, 0.05) is 0 Å². The Morgan fingerprint density at radius 1 is 1.38 bits per heavy atom. The van der Waals surface area contributed by atoms with Gasteiger partial charge in [-0.15, -0.1) is 0 Å². The van der Waals surface area contributed by atoms with Gasteiger partial charge in [0.05, 0.1) is 11.6 Å². The Kier molecular flexibility index (Phi) is 5.10. The Labute approximate surface area is 103 Å². The van der Waals surface area contributed by atoms with Crippen LogP contribution in [0.4, 0.5) is 0 Å². The van der Waals surface area contributed by atoms with Crippen LogP contribution in [0.5, 0.6) is 5.75 Å². The summed E-state index contributed by atoms with van der Waals surface area (Å²) in [5.41, 5.74) is 9.14. The normalized spacial score (nSPS) is 10.6. The van der Waals surface area contributed by atoms with Gasteiger partial charge in [0.25, 0.3) is 0 Å². The maximum Gasteiger partial charge on any atom is 0.138 e. The van der Waals surface area contributed by atoms with Crippen molar-refractivity contribution < 1.29 is 4.74 Å². The first kappa shape index (κ1) is 13.3. The molecule has 0 atom stereocenters. The Hall–Kier alpha value is -0.730. The maximum absolute atomic E-state index is 6.28. The molecule has 0 aliphatic heterocycles. The van der Waals surface area contributed by atoms with Gasteiger partial charge in [0.15, 0.2) is 0 Å². The van der Waals surface area contributed by atoms with E-state index in [2.05, 4.69) is 13.8 Å². The Bertz CT molecular complexity index is 363. The van der Waals surface area contributed by atoms with Crippen LogP contribution in [-0.4, -0.2) is 13.2 Å². The molecule has 16 heavy (non-hydrogen) atoms. The number of rotatable bonds is 5. The number of ether oxygens (including phenoxy) is 1. The summed E-state index contributed by atoms with van der Waals surface area (Å²) < 4.78 is 5.62. The molecule has 90 valence electrons. The van der Waals surface area contributed by atoms with E-state index in [1.807, 2.05) is 13.0 Å². The van der Waals surface area contributed by atoms with Crippen LogP contribution < -0.4 is 10.5 Å². The largest absolute Gasteiger partial charge is 0.492 e. The lowest BCUT2D eigenvalue weighted by atomic mass is 9.99.